The summed E-state index contributed by atoms with van der Waals surface area (Å²) in [6.07, 6.45) is 1.05. The Kier molecular flexibility index (Phi) is 5.83. The minimum absolute atomic E-state index is 0.136. The lowest BCUT2D eigenvalue weighted by Gasteiger charge is -2.33. The van der Waals surface area contributed by atoms with E-state index in [1.165, 1.54) is 0 Å². The zero-order valence-electron chi connectivity index (χ0n) is 14.6. The largest absolute Gasteiger partial charge is 0.490 e. The Morgan fingerprint density at radius 2 is 1.92 bits per heavy atom. The van der Waals surface area contributed by atoms with Crippen molar-refractivity contribution in [2.45, 2.75) is 39.2 Å². The lowest BCUT2D eigenvalue weighted by Crippen LogP contribution is -2.42. The number of amides is 1. The molecular formula is C18H22F2N2O3. The van der Waals surface area contributed by atoms with Crippen LogP contribution in [0.15, 0.2) is 12.1 Å². The second kappa shape index (κ2) is 7.68. The van der Waals surface area contributed by atoms with Crippen LogP contribution in [0.4, 0.5) is 13.6 Å². The highest BCUT2D eigenvalue weighted by Gasteiger charge is 2.27. The molecule has 0 unspecified atom stereocenters. The van der Waals surface area contributed by atoms with Crippen LogP contribution in [0, 0.1) is 28.9 Å². The molecule has 1 saturated heterocycles. The van der Waals surface area contributed by atoms with Gasteiger partial charge >= 0.3 is 6.09 Å². The molecule has 1 aliphatic rings. The van der Waals surface area contributed by atoms with Gasteiger partial charge < -0.3 is 14.4 Å². The zero-order valence-corrected chi connectivity index (χ0v) is 14.6. The van der Waals surface area contributed by atoms with Crippen molar-refractivity contribution >= 4 is 6.09 Å². The van der Waals surface area contributed by atoms with E-state index in [0.29, 0.717) is 25.9 Å². The summed E-state index contributed by atoms with van der Waals surface area (Å²) in [5.41, 5.74) is -0.885. The van der Waals surface area contributed by atoms with E-state index >= 15 is 0 Å². The Bertz CT molecular complexity index is 672. The lowest BCUT2D eigenvalue weighted by atomic mass is 9.98. The van der Waals surface area contributed by atoms with E-state index in [2.05, 4.69) is 0 Å². The molecule has 0 N–H and O–H groups in total. The molecule has 7 heteroatoms. The van der Waals surface area contributed by atoms with Gasteiger partial charge in [0.05, 0.1) is 12.2 Å². The maximum atomic E-state index is 13.8. The van der Waals surface area contributed by atoms with E-state index in [-0.39, 0.29) is 29.9 Å². The molecule has 0 atom stereocenters. The predicted octanol–water partition coefficient (Wildman–Crippen LogP) is 3.86. The fraction of sp³-hybridized carbons (Fsp3) is 0.556. The van der Waals surface area contributed by atoms with Crippen LogP contribution >= 0.6 is 0 Å². The third kappa shape index (κ3) is 5.31. The number of likely N-dealkylation sites (tertiary alicyclic amines) is 1. The molecule has 0 radical (unpaired) electrons. The fourth-order valence-electron chi connectivity index (χ4n) is 2.54. The molecule has 25 heavy (non-hydrogen) atoms. The van der Waals surface area contributed by atoms with Gasteiger partial charge in [-0.1, -0.05) is 0 Å². The molecule has 0 aliphatic carbocycles. The third-order valence-corrected chi connectivity index (χ3v) is 3.88. The standard InChI is InChI=1S/C18H22F2N2O3/c1-18(2,3)25-17(23)22-6-4-12(5-7-22)11-24-16-9-14(19)13(10-21)8-15(16)20/h8-9,12H,4-7,11H2,1-3H3. The van der Waals surface area contributed by atoms with E-state index in [1.807, 2.05) is 20.8 Å². The van der Waals surface area contributed by atoms with Crippen LogP contribution in [0.25, 0.3) is 0 Å². The Balaban J connectivity index is 1.84. The van der Waals surface area contributed by atoms with Crippen molar-refractivity contribution in [3.05, 3.63) is 29.3 Å². The van der Waals surface area contributed by atoms with Gasteiger partial charge in [-0.3, -0.25) is 0 Å². The van der Waals surface area contributed by atoms with Gasteiger partial charge in [0, 0.05) is 19.2 Å². The number of benzene rings is 1. The smallest absolute Gasteiger partial charge is 0.410 e. The molecule has 0 saturated carbocycles. The Labute approximate surface area is 146 Å². The number of carbonyl (C=O) groups is 1. The maximum Gasteiger partial charge on any atom is 0.410 e. The molecule has 1 aromatic rings. The quantitative estimate of drug-likeness (QED) is 0.829. The minimum atomic E-state index is -0.807. The summed E-state index contributed by atoms with van der Waals surface area (Å²) in [6.45, 7) is 6.75. The van der Waals surface area contributed by atoms with Crippen molar-refractivity contribution < 1.29 is 23.0 Å². The Morgan fingerprint density at radius 3 is 2.48 bits per heavy atom. The number of ether oxygens (including phenoxy) is 2. The van der Waals surface area contributed by atoms with Gasteiger partial charge in [0.25, 0.3) is 0 Å². The first kappa shape index (κ1) is 19.0. The number of hydrogen-bond acceptors (Lipinski definition) is 4. The van der Waals surface area contributed by atoms with E-state index in [1.54, 1.807) is 11.0 Å². The average molecular weight is 352 g/mol. The monoisotopic (exact) mass is 352 g/mol. The summed E-state index contributed by atoms with van der Waals surface area (Å²) in [6, 6.07) is 3.30. The summed E-state index contributed by atoms with van der Waals surface area (Å²) in [5, 5.41) is 8.67. The van der Waals surface area contributed by atoms with Crippen molar-refractivity contribution in [2.75, 3.05) is 19.7 Å². The van der Waals surface area contributed by atoms with Crippen molar-refractivity contribution in [3.63, 3.8) is 0 Å². The summed E-state index contributed by atoms with van der Waals surface area (Å²) >= 11 is 0. The van der Waals surface area contributed by atoms with Gasteiger partial charge in [-0.15, -0.1) is 0 Å². The molecule has 2 rings (SSSR count). The molecule has 1 aliphatic heterocycles. The second-order valence-corrected chi connectivity index (χ2v) is 7.10. The van der Waals surface area contributed by atoms with Gasteiger partial charge in [0.2, 0.25) is 0 Å². The summed E-state index contributed by atoms with van der Waals surface area (Å²) in [5.74, 6) is -1.63. The van der Waals surface area contributed by atoms with Crippen LogP contribution in [-0.4, -0.2) is 36.3 Å². The van der Waals surface area contributed by atoms with Gasteiger partial charge in [-0.25, -0.2) is 13.6 Å². The highest BCUT2D eigenvalue weighted by atomic mass is 19.1. The highest BCUT2D eigenvalue weighted by molar-refractivity contribution is 5.68. The van der Waals surface area contributed by atoms with Gasteiger partial charge in [0.15, 0.2) is 11.6 Å². The van der Waals surface area contributed by atoms with Crippen LogP contribution in [0.1, 0.15) is 39.2 Å². The Morgan fingerprint density at radius 1 is 1.28 bits per heavy atom. The topological polar surface area (TPSA) is 62.6 Å². The van der Waals surface area contributed by atoms with Crippen LogP contribution in [-0.2, 0) is 4.74 Å². The van der Waals surface area contributed by atoms with E-state index < -0.39 is 17.2 Å². The third-order valence-electron chi connectivity index (χ3n) is 3.88. The predicted molar refractivity (Wildman–Crippen MR) is 87.1 cm³/mol. The normalized spacial score (nSPS) is 15.6. The van der Waals surface area contributed by atoms with E-state index in [9.17, 15) is 13.6 Å². The van der Waals surface area contributed by atoms with Gasteiger partial charge in [0.1, 0.15) is 17.5 Å². The molecule has 0 aromatic heterocycles. The molecule has 0 bridgehead atoms. The fourth-order valence-corrected chi connectivity index (χ4v) is 2.54. The second-order valence-electron chi connectivity index (χ2n) is 7.10. The van der Waals surface area contributed by atoms with Gasteiger partial charge in [-0.05, 0) is 45.6 Å². The van der Waals surface area contributed by atoms with Crippen molar-refractivity contribution in [1.82, 2.24) is 4.90 Å². The van der Waals surface area contributed by atoms with Gasteiger partial charge in [-0.2, -0.15) is 5.26 Å². The number of nitrogens with zero attached hydrogens (tertiary/aromatic N) is 2. The van der Waals surface area contributed by atoms with Crippen LogP contribution in [0.3, 0.4) is 0 Å². The molecular weight excluding hydrogens is 330 g/mol. The number of carbonyl (C=O) groups excluding carboxylic acids is 1. The number of rotatable bonds is 3. The number of halogens is 2. The van der Waals surface area contributed by atoms with E-state index in [4.69, 9.17) is 14.7 Å². The first-order valence-corrected chi connectivity index (χ1v) is 8.19. The molecule has 1 amide bonds. The van der Waals surface area contributed by atoms with Crippen molar-refractivity contribution in [1.29, 1.82) is 5.26 Å². The molecule has 0 spiro atoms. The number of nitriles is 1. The van der Waals surface area contributed by atoms with Crippen molar-refractivity contribution in [2.24, 2.45) is 5.92 Å². The lowest BCUT2D eigenvalue weighted by molar-refractivity contribution is 0.0164. The van der Waals surface area contributed by atoms with Crippen LogP contribution in [0.5, 0.6) is 5.75 Å². The molecule has 1 fully saturated rings. The zero-order chi connectivity index (χ0) is 18.6. The minimum Gasteiger partial charge on any atom is -0.490 e. The Hall–Kier alpha value is -2.36. The van der Waals surface area contributed by atoms with E-state index in [0.717, 1.165) is 12.1 Å². The SMILES string of the molecule is CC(C)(C)OC(=O)N1CCC(COc2cc(F)c(C#N)cc2F)CC1. The maximum absolute atomic E-state index is 13.8. The first-order valence-electron chi connectivity index (χ1n) is 8.19. The molecule has 1 heterocycles. The number of hydrogen-bond donors (Lipinski definition) is 0. The molecule has 1 aromatic carbocycles. The summed E-state index contributed by atoms with van der Waals surface area (Å²) < 4.78 is 38.0. The average Bonchev–Trinajstić information content (AvgIpc) is 2.54. The summed E-state index contributed by atoms with van der Waals surface area (Å²) in [4.78, 5) is 13.6. The van der Waals surface area contributed by atoms with Crippen LogP contribution in [0.2, 0.25) is 0 Å². The first-order chi connectivity index (χ1) is 11.7. The van der Waals surface area contributed by atoms with Crippen molar-refractivity contribution in [3.8, 4) is 11.8 Å². The van der Waals surface area contributed by atoms with Crippen LogP contribution < -0.4 is 4.74 Å². The number of piperidine rings is 1. The molecule has 5 nitrogen and oxygen atoms in total. The highest BCUT2D eigenvalue weighted by Crippen LogP contribution is 2.24. The molecule has 136 valence electrons. The summed E-state index contributed by atoms with van der Waals surface area (Å²) in [7, 11) is 0.